The van der Waals surface area contributed by atoms with E-state index in [1.807, 2.05) is 24.3 Å². The number of rotatable bonds is 10. The summed E-state index contributed by atoms with van der Waals surface area (Å²) >= 11 is 0. The van der Waals surface area contributed by atoms with Gasteiger partial charge in [0.15, 0.2) is 0 Å². The molecule has 0 aliphatic rings. The maximum Gasteiger partial charge on any atom is 0.226 e. The molecule has 5 nitrogen and oxygen atoms in total. The van der Waals surface area contributed by atoms with Crippen LogP contribution in [0.5, 0.6) is 0 Å². The first-order chi connectivity index (χ1) is 9.76. The fourth-order valence-corrected chi connectivity index (χ4v) is 1.58. The Labute approximate surface area is 120 Å². The van der Waals surface area contributed by atoms with Crippen LogP contribution in [0.3, 0.4) is 0 Å². The fraction of sp³-hybridized carbons (Fsp3) is 0.533. The third kappa shape index (κ3) is 7.23. The highest BCUT2D eigenvalue weighted by Crippen LogP contribution is 2.09. The first kappa shape index (κ1) is 16.6. The van der Waals surface area contributed by atoms with Crippen molar-refractivity contribution >= 4 is 11.6 Å². The van der Waals surface area contributed by atoms with Crippen molar-refractivity contribution in [2.24, 2.45) is 5.73 Å². The maximum absolute atomic E-state index is 11.7. The highest BCUT2D eigenvalue weighted by molar-refractivity contribution is 5.90. The summed E-state index contributed by atoms with van der Waals surface area (Å²) < 4.78 is 10.6. The molecule has 0 radical (unpaired) electrons. The first-order valence-corrected chi connectivity index (χ1v) is 7.00. The molecule has 3 N–H and O–H groups in total. The van der Waals surface area contributed by atoms with E-state index in [0.29, 0.717) is 32.8 Å². The molecular weight excluding hydrogens is 256 g/mol. The normalized spacial score (nSPS) is 10.5. The molecule has 0 fully saturated rings. The molecule has 1 aromatic carbocycles. The van der Waals surface area contributed by atoms with Gasteiger partial charge in [-0.1, -0.05) is 19.1 Å². The quantitative estimate of drug-likeness (QED) is 0.642. The third-order valence-electron chi connectivity index (χ3n) is 2.67. The van der Waals surface area contributed by atoms with Crippen molar-refractivity contribution < 1.29 is 14.3 Å². The lowest BCUT2D eigenvalue weighted by molar-refractivity contribution is -0.117. The predicted octanol–water partition coefficient (Wildman–Crippen LogP) is 1.92. The summed E-state index contributed by atoms with van der Waals surface area (Å²) in [5.74, 6) is -0.0556. The summed E-state index contributed by atoms with van der Waals surface area (Å²) in [6.45, 7) is 4.83. The Hall–Kier alpha value is -1.43. The van der Waals surface area contributed by atoms with Crippen molar-refractivity contribution in [1.82, 2.24) is 0 Å². The molecule has 1 rings (SSSR count). The Morgan fingerprint density at radius 1 is 1.10 bits per heavy atom. The average molecular weight is 280 g/mol. The van der Waals surface area contributed by atoms with Crippen LogP contribution in [0.1, 0.15) is 25.3 Å². The smallest absolute Gasteiger partial charge is 0.226 e. The SMILES string of the molecule is CCCOCCOCCC(=O)Nc1ccc(CN)cc1. The minimum atomic E-state index is -0.0556. The molecule has 0 saturated carbocycles. The summed E-state index contributed by atoms with van der Waals surface area (Å²) in [5, 5.41) is 2.81. The molecule has 0 aromatic heterocycles. The molecule has 1 aromatic rings. The molecule has 0 bridgehead atoms. The molecule has 0 aliphatic heterocycles. The summed E-state index contributed by atoms with van der Waals surface area (Å²) in [7, 11) is 0. The number of nitrogens with two attached hydrogens (primary N) is 1. The van der Waals surface area contributed by atoms with Gasteiger partial charge in [-0.15, -0.1) is 0 Å². The number of nitrogens with one attached hydrogen (secondary N) is 1. The van der Waals surface area contributed by atoms with Crippen LogP contribution in [0.4, 0.5) is 5.69 Å². The van der Waals surface area contributed by atoms with Gasteiger partial charge in [-0.25, -0.2) is 0 Å². The summed E-state index contributed by atoms with van der Waals surface area (Å²) in [5.41, 5.74) is 7.33. The van der Waals surface area contributed by atoms with E-state index in [1.54, 1.807) is 0 Å². The van der Waals surface area contributed by atoms with E-state index in [2.05, 4.69) is 12.2 Å². The number of carbonyl (C=O) groups is 1. The fourth-order valence-electron chi connectivity index (χ4n) is 1.58. The van der Waals surface area contributed by atoms with Crippen molar-refractivity contribution in [3.63, 3.8) is 0 Å². The Morgan fingerprint density at radius 3 is 2.35 bits per heavy atom. The van der Waals surface area contributed by atoms with Gasteiger partial charge in [-0.3, -0.25) is 4.79 Å². The molecule has 1 amide bonds. The highest BCUT2D eigenvalue weighted by Gasteiger charge is 2.02. The number of hydrogen-bond donors (Lipinski definition) is 2. The summed E-state index contributed by atoms with van der Waals surface area (Å²) in [4.78, 5) is 11.7. The number of anilines is 1. The number of hydrogen-bond acceptors (Lipinski definition) is 4. The molecular formula is C15H24N2O3. The van der Waals surface area contributed by atoms with E-state index in [4.69, 9.17) is 15.2 Å². The van der Waals surface area contributed by atoms with Gasteiger partial charge in [-0.05, 0) is 24.1 Å². The van der Waals surface area contributed by atoms with Crippen LogP contribution in [0.25, 0.3) is 0 Å². The first-order valence-electron chi connectivity index (χ1n) is 7.00. The van der Waals surface area contributed by atoms with Gasteiger partial charge >= 0.3 is 0 Å². The molecule has 5 heteroatoms. The molecule has 0 unspecified atom stereocenters. The second-order valence-electron chi connectivity index (χ2n) is 4.42. The van der Waals surface area contributed by atoms with Crippen LogP contribution in [-0.4, -0.2) is 32.3 Å². The van der Waals surface area contributed by atoms with Gasteiger partial charge in [0.05, 0.1) is 26.2 Å². The lowest BCUT2D eigenvalue weighted by Crippen LogP contribution is -2.15. The van der Waals surface area contributed by atoms with Crippen molar-refractivity contribution in [2.45, 2.75) is 26.3 Å². The van der Waals surface area contributed by atoms with Crippen LogP contribution >= 0.6 is 0 Å². The molecule has 0 aliphatic carbocycles. The average Bonchev–Trinajstić information content (AvgIpc) is 2.47. The van der Waals surface area contributed by atoms with Crippen LogP contribution in [-0.2, 0) is 20.8 Å². The van der Waals surface area contributed by atoms with E-state index < -0.39 is 0 Å². The van der Waals surface area contributed by atoms with E-state index in [-0.39, 0.29) is 5.91 Å². The van der Waals surface area contributed by atoms with Crippen molar-refractivity contribution in [3.8, 4) is 0 Å². The Balaban J connectivity index is 2.10. The molecule has 0 heterocycles. The second-order valence-corrected chi connectivity index (χ2v) is 4.42. The van der Waals surface area contributed by atoms with Gasteiger partial charge in [0.25, 0.3) is 0 Å². The van der Waals surface area contributed by atoms with Gasteiger partial charge < -0.3 is 20.5 Å². The zero-order valence-electron chi connectivity index (χ0n) is 12.1. The van der Waals surface area contributed by atoms with Crippen LogP contribution in [0.2, 0.25) is 0 Å². The minimum absolute atomic E-state index is 0.0556. The Kier molecular flexibility index (Phi) is 8.62. The predicted molar refractivity (Wildman–Crippen MR) is 79.5 cm³/mol. The largest absolute Gasteiger partial charge is 0.379 e. The third-order valence-corrected chi connectivity index (χ3v) is 2.67. The maximum atomic E-state index is 11.7. The standard InChI is InChI=1S/C15H24N2O3/c1-2-8-19-10-11-20-9-7-15(18)17-14-5-3-13(12-16)4-6-14/h3-6H,2,7-12,16H2,1H3,(H,17,18). The van der Waals surface area contributed by atoms with E-state index in [0.717, 1.165) is 24.3 Å². The number of amides is 1. The number of ether oxygens (including phenoxy) is 2. The van der Waals surface area contributed by atoms with Crippen molar-refractivity contribution in [2.75, 3.05) is 31.7 Å². The highest BCUT2D eigenvalue weighted by atomic mass is 16.5. The zero-order valence-corrected chi connectivity index (χ0v) is 12.1. The number of benzene rings is 1. The molecule has 0 saturated heterocycles. The Morgan fingerprint density at radius 2 is 1.75 bits per heavy atom. The Bertz CT molecular complexity index is 379. The van der Waals surface area contributed by atoms with E-state index >= 15 is 0 Å². The molecule has 20 heavy (non-hydrogen) atoms. The van der Waals surface area contributed by atoms with Gasteiger partial charge in [0, 0.05) is 18.8 Å². The van der Waals surface area contributed by atoms with Gasteiger partial charge in [-0.2, -0.15) is 0 Å². The summed E-state index contributed by atoms with van der Waals surface area (Å²) in [6, 6.07) is 7.49. The van der Waals surface area contributed by atoms with Crippen LogP contribution in [0, 0.1) is 0 Å². The molecule has 0 atom stereocenters. The minimum Gasteiger partial charge on any atom is -0.379 e. The monoisotopic (exact) mass is 280 g/mol. The van der Waals surface area contributed by atoms with E-state index in [9.17, 15) is 4.79 Å². The van der Waals surface area contributed by atoms with Crippen molar-refractivity contribution in [1.29, 1.82) is 0 Å². The van der Waals surface area contributed by atoms with Gasteiger partial charge in [0.2, 0.25) is 5.91 Å². The second kappa shape index (κ2) is 10.4. The zero-order chi connectivity index (χ0) is 14.6. The topological polar surface area (TPSA) is 73.6 Å². The lowest BCUT2D eigenvalue weighted by atomic mass is 10.2. The molecule has 112 valence electrons. The van der Waals surface area contributed by atoms with Crippen molar-refractivity contribution in [3.05, 3.63) is 29.8 Å². The number of carbonyl (C=O) groups excluding carboxylic acids is 1. The van der Waals surface area contributed by atoms with Crippen LogP contribution in [0.15, 0.2) is 24.3 Å². The van der Waals surface area contributed by atoms with Gasteiger partial charge in [0.1, 0.15) is 0 Å². The molecule has 0 spiro atoms. The lowest BCUT2D eigenvalue weighted by Gasteiger charge is -2.07. The summed E-state index contributed by atoms with van der Waals surface area (Å²) in [6.07, 6.45) is 1.35. The van der Waals surface area contributed by atoms with Crippen LogP contribution < -0.4 is 11.1 Å². The van der Waals surface area contributed by atoms with E-state index in [1.165, 1.54) is 0 Å².